The highest BCUT2D eigenvalue weighted by molar-refractivity contribution is 9.10. The monoisotopic (exact) mass is 356 g/mol. The number of halogens is 1. The van der Waals surface area contributed by atoms with E-state index in [1.54, 1.807) is 12.1 Å². The average Bonchev–Trinajstić information content (AvgIpc) is 2.49. The number of nitro benzene ring substituents is 1. The Bertz CT molecular complexity index is 476. The quantitative estimate of drug-likeness (QED) is 0.458. The number of nitro groups is 1. The van der Waals surface area contributed by atoms with E-state index in [2.05, 4.69) is 21.2 Å². The average molecular weight is 357 g/mol. The lowest BCUT2D eigenvalue weighted by molar-refractivity contribution is -0.385. The molecular weight excluding hydrogens is 336 g/mol. The molecule has 0 heterocycles. The molecule has 0 bridgehead atoms. The van der Waals surface area contributed by atoms with Crippen LogP contribution in [0.1, 0.15) is 37.7 Å². The number of ether oxygens (including phenoxy) is 1. The first kappa shape index (κ1) is 16.4. The van der Waals surface area contributed by atoms with E-state index in [1.165, 1.54) is 32.1 Å². The van der Waals surface area contributed by atoms with E-state index < -0.39 is 0 Å². The molecule has 1 aliphatic rings. The second kappa shape index (κ2) is 8.46. The van der Waals surface area contributed by atoms with Crippen LogP contribution in [-0.4, -0.2) is 24.2 Å². The van der Waals surface area contributed by atoms with Crippen molar-refractivity contribution in [2.75, 3.05) is 13.2 Å². The SMILES string of the molecule is O=[N+]([O-])c1cc(CNCCOC2CCCCC2)ccc1Br. The van der Waals surface area contributed by atoms with Gasteiger partial charge in [0.15, 0.2) is 0 Å². The summed E-state index contributed by atoms with van der Waals surface area (Å²) in [6.07, 6.45) is 6.67. The molecule has 6 heteroatoms. The summed E-state index contributed by atoms with van der Waals surface area (Å²) in [6.45, 7) is 2.08. The number of rotatable bonds is 7. The fraction of sp³-hybridized carbons (Fsp3) is 0.600. The third-order valence-corrected chi connectivity index (χ3v) is 4.39. The first-order valence-electron chi connectivity index (χ1n) is 7.42. The van der Waals surface area contributed by atoms with Gasteiger partial charge in [0.1, 0.15) is 0 Å². The van der Waals surface area contributed by atoms with Gasteiger partial charge in [0, 0.05) is 19.2 Å². The van der Waals surface area contributed by atoms with Crippen LogP contribution in [0.25, 0.3) is 0 Å². The van der Waals surface area contributed by atoms with E-state index in [0.29, 0.717) is 23.7 Å². The summed E-state index contributed by atoms with van der Waals surface area (Å²) in [5.41, 5.74) is 1.01. The largest absolute Gasteiger partial charge is 0.377 e. The molecule has 1 N–H and O–H groups in total. The van der Waals surface area contributed by atoms with Gasteiger partial charge in [-0.15, -0.1) is 0 Å². The number of hydrogen-bond donors (Lipinski definition) is 1. The van der Waals surface area contributed by atoms with Crippen LogP contribution in [0.2, 0.25) is 0 Å². The van der Waals surface area contributed by atoms with Gasteiger partial charge in [-0.1, -0.05) is 25.3 Å². The molecule has 21 heavy (non-hydrogen) atoms. The zero-order valence-corrected chi connectivity index (χ0v) is 13.6. The summed E-state index contributed by atoms with van der Waals surface area (Å²) >= 11 is 3.19. The number of nitrogens with zero attached hydrogens (tertiary/aromatic N) is 1. The van der Waals surface area contributed by atoms with Gasteiger partial charge >= 0.3 is 0 Å². The van der Waals surface area contributed by atoms with E-state index in [9.17, 15) is 10.1 Å². The van der Waals surface area contributed by atoms with Gasteiger partial charge in [0.05, 0.1) is 22.1 Å². The third-order valence-electron chi connectivity index (χ3n) is 3.72. The lowest BCUT2D eigenvalue weighted by Gasteiger charge is -2.22. The first-order valence-corrected chi connectivity index (χ1v) is 8.21. The maximum absolute atomic E-state index is 10.9. The van der Waals surface area contributed by atoms with Crippen LogP contribution in [0.5, 0.6) is 0 Å². The number of nitrogens with one attached hydrogen (secondary N) is 1. The van der Waals surface area contributed by atoms with Crippen molar-refractivity contribution in [1.82, 2.24) is 5.32 Å². The second-order valence-corrected chi connectivity index (χ2v) is 6.20. The molecule has 0 spiro atoms. The smallest absolute Gasteiger partial charge is 0.283 e. The molecule has 2 rings (SSSR count). The fourth-order valence-electron chi connectivity index (χ4n) is 2.57. The van der Waals surface area contributed by atoms with Crippen LogP contribution in [0.4, 0.5) is 5.69 Å². The molecule has 0 amide bonds. The van der Waals surface area contributed by atoms with Crippen molar-refractivity contribution in [3.05, 3.63) is 38.3 Å². The van der Waals surface area contributed by atoms with Gasteiger partial charge in [-0.3, -0.25) is 10.1 Å². The van der Waals surface area contributed by atoms with Gasteiger partial charge < -0.3 is 10.1 Å². The summed E-state index contributed by atoms with van der Waals surface area (Å²) in [5, 5.41) is 14.1. The molecule has 116 valence electrons. The molecule has 1 aromatic rings. The molecule has 0 radical (unpaired) electrons. The van der Waals surface area contributed by atoms with E-state index >= 15 is 0 Å². The van der Waals surface area contributed by atoms with Crippen LogP contribution < -0.4 is 5.32 Å². The van der Waals surface area contributed by atoms with Crippen LogP contribution in [0.15, 0.2) is 22.7 Å². The van der Waals surface area contributed by atoms with Crippen LogP contribution in [0, 0.1) is 10.1 Å². The fourth-order valence-corrected chi connectivity index (χ4v) is 2.96. The third kappa shape index (κ3) is 5.37. The van der Waals surface area contributed by atoms with Crippen molar-refractivity contribution in [2.45, 2.75) is 44.8 Å². The summed E-state index contributed by atoms with van der Waals surface area (Å²) in [4.78, 5) is 10.5. The van der Waals surface area contributed by atoms with Crippen molar-refractivity contribution in [3.8, 4) is 0 Å². The molecule has 1 saturated carbocycles. The number of benzene rings is 1. The predicted molar refractivity (Wildman–Crippen MR) is 85.3 cm³/mol. The summed E-state index contributed by atoms with van der Waals surface area (Å²) in [5.74, 6) is 0. The lowest BCUT2D eigenvalue weighted by atomic mass is 9.98. The molecule has 1 aromatic carbocycles. The maximum atomic E-state index is 10.9. The summed E-state index contributed by atoms with van der Waals surface area (Å²) < 4.78 is 6.33. The highest BCUT2D eigenvalue weighted by Crippen LogP contribution is 2.25. The minimum atomic E-state index is -0.375. The topological polar surface area (TPSA) is 64.4 Å². The molecule has 0 aromatic heterocycles. The maximum Gasteiger partial charge on any atom is 0.283 e. The van der Waals surface area contributed by atoms with Gasteiger partial charge in [-0.05, 0) is 40.4 Å². The predicted octanol–water partition coefficient (Wildman–Crippen LogP) is 3.80. The van der Waals surface area contributed by atoms with Crippen LogP contribution >= 0.6 is 15.9 Å². The Hall–Kier alpha value is -0.980. The Morgan fingerprint density at radius 2 is 2.10 bits per heavy atom. The van der Waals surface area contributed by atoms with E-state index in [1.807, 2.05) is 6.07 Å². The Kier molecular flexibility index (Phi) is 6.60. The summed E-state index contributed by atoms with van der Waals surface area (Å²) in [7, 11) is 0. The molecule has 0 aliphatic heterocycles. The van der Waals surface area contributed by atoms with E-state index in [4.69, 9.17) is 4.74 Å². The molecule has 0 unspecified atom stereocenters. The normalized spacial score (nSPS) is 16.0. The Labute approximate surface area is 133 Å². The van der Waals surface area contributed by atoms with Crippen molar-refractivity contribution in [3.63, 3.8) is 0 Å². The molecular formula is C15H21BrN2O3. The molecule has 0 atom stereocenters. The molecule has 1 fully saturated rings. The zero-order chi connectivity index (χ0) is 15.1. The van der Waals surface area contributed by atoms with Gasteiger partial charge in [0.25, 0.3) is 5.69 Å². The molecule has 5 nitrogen and oxygen atoms in total. The Morgan fingerprint density at radius 1 is 1.33 bits per heavy atom. The van der Waals surface area contributed by atoms with Gasteiger partial charge in [-0.25, -0.2) is 0 Å². The number of hydrogen-bond acceptors (Lipinski definition) is 4. The van der Waals surface area contributed by atoms with Gasteiger partial charge in [0.2, 0.25) is 0 Å². The molecule has 1 aliphatic carbocycles. The second-order valence-electron chi connectivity index (χ2n) is 5.35. The van der Waals surface area contributed by atoms with Gasteiger partial charge in [-0.2, -0.15) is 0 Å². The summed E-state index contributed by atoms with van der Waals surface area (Å²) in [6, 6.07) is 5.19. The zero-order valence-electron chi connectivity index (χ0n) is 12.0. The van der Waals surface area contributed by atoms with E-state index in [0.717, 1.165) is 12.1 Å². The minimum absolute atomic E-state index is 0.104. The van der Waals surface area contributed by atoms with Crippen LogP contribution in [-0.2, 0) is 11.3 Å². The standard InChI is InChI=1S/C15H21BrN2O3/c16-14-7-6-12(10-15(14)18(19)20)11-17-8-9-21-13-4-2-1-3-5-13/h6-7,10,13,17H,1-5,8-9,11H2. The van der Waals surface area contributed by atoms with E-state index in [-0.39, 0.29) is 10.6 Å². The lowest BCUT2D eigenvalue weighted by Crippen LogP contribution is -2.24. The Balaban J connectivity index is 1.68. The minimum Gasteiger partial charge on any atom is -0.377 e. The van der Waals surface area contributed by atoms with Crippen LogP contribution in [0.3, 0.4) is 0 Å². The highest BCUT2D eigenvalue weighted by atomic mass is 79.9. The van der Waals surface area contributed by atoms with Crippen molar-refractivity contribution >= 4 is 21.6 Å². The first-order chi connectivity index (χ1) is 10.2. The Morgan fingerprint density at radius 3 is 2.81 bits per heavy atom. The molecule has 0 saturated heterocycles. The van der Waals surface area contributed by atoms with Crippen molar-refractivity contribution < 1.29 is 9.66 Å². The highest BCUT2D eigenvalue weighted by Gasteiger charge is 2.13. The van der Waals surface area contributed by atoms with Crippen molar-refractivity contribution in [1.29, 1.82) is 0 Å². The van der Waals surface area contributed by atoms with Crippen molar-refractivity contribution in [2.24, 2.45) is 0 Å².